The van der Waals surface area contributed by atoms with Gasteiger partial charge in [-0.3, -0.25) is 0 Å². The molecule has 4 aromatic carbocycles. The van der Waals surface area contributed by atoms with Crippen LogP contribution in [-0.2, 0) is 16.5 Å². The molecule has 0 amide bonds. The van der Waals surface area contributed by atoms with Gasteiger partial charge in [0.15, 0.2) is 11.9 Å². The molecule has 45 heavy (non-hydrogen) atoms. The van der Waals surface area contributed by atoms with Crippen LogP contribution < -0.4 is 14.0 Å². The molecule has 3 aromatic heterocycles. The topological polar surface area (TPSA) is 15.9 Å². The first-order valence-electron chi connectivity index (χ1n) is 16.1. The fourth-order valence-electron chi connectivity index (χ4n) is 10.3. The predicted molar refractivity (Wildman–Crippen MR) is 177 cm³/mol. The number of aromatic nitrogens is 3. The molecule has 0 radical (unpaired) electrons. The van der Waals surface area contributed by atoms with Crippen molar-refractivity contribution < 1.29 is 9.13 Å². The standard InChI is InChI=1S/C41H30N4/c1-39(2)26-14-10-15-27-36(26)45-37-29(40(27,3)4)22-25-23-12-5-6-18-31(23)44-32-19-9-13-24-30-17-7-8-20-42(30)41(33(24)32,34(37)35(25)44)43-21-11-16-28(39)38(43)45/h5-22H,1-4H3/q+2. The first kappa shape index (κ1) is 23.2. The Morgan fingerprint density at radius 3 is 2.18 bits per heavy atom. The second-order valence-electron chi connectivity index (χ2n) is 14.6. The molecule has 0 aliphatic carbocycles. The smallest absolute Gasteiger partial charge is 0.308 e. The lowest BCUT2D eigenvalue weighted by molar-refractivity contribution is -0.958. The Morgan fingerprint density at radius 2 is 1.31 bits per heavy atom. The lowest BCUT2D eigenvalue weighted by Crippen LogP contribution is -2.77. The number of hydrogen-bond acceptors (Lipinski definition) is 1. The molecule has 0 saturated heterocycles. The van der Waals surface area contributed by atoms with Gasteiger partial charge in [-0.25, -0.2) is 0 Å². The van der Waals surface area contributed by atoms with Gasteiger partial charge in [0.25, 0.3) is 5.82 Å². The van der Waals surface area contributed by atoms with Crippen LogP contribution in [0.4, 0.5) is 17.2 Å². The van der Waals surface area contributed by atoms with Crippen molar-refractivity contribution in [3.8, 4) is 16.9 Å². The average Bonchev–Trinajstić information content (AvgIpc) is 3.55. The van der Waals surface area contributed by atoms with E-state index < -0.39 is 5.66 Å². The van der Waals surface area contributed by atoms with E-state index >= 15 is 0 Å². The molecule has 12 rings (SSSR count). The zero-order chi connectivity index (χ0) is 29.8. The second-order valence-corrected chi connectivity index (χ2v) is 14.6. The summed E-state index contributed by atoms with van der Waals surface area (Å²) in [6.45, 7) is 9.74. The van der Waals surface area contributed by atoms with Crippen LogP contribution in [0.15, 0.2) is 109 Å². The molecule has 7 aromatic rings. The van der Waals surface area contributed by atoms with E-state index in [9.17, 15) is 0 Å². The quantitative estimate of drug-likeness (QED) is 0.167. The molecule has 4 nitrogen and oxygen atoms in total. The van der Waals surface area contributed by atoms with E-state index in [1.54, 1.807) is 0 Å². The third kappa shape index (κ3) is 2.08. The first-order chi connectivity index (χ1) is 21.9. The third-order valence-corrected chi connectivity index (χ3v) is 12.1. The summed E-state index contributed by atoms with van der Waals surface area (Å²) < 4.78 is 7.82. The van der Waals surface area contributed by atoms with Gasteiger partial charge in [-0.15, -0.1) is 4.57 Å². The van der Waals surface area contributed by atoms with Crippen LogP contribution in [0.25, 0.3) is 38.8 Å². The highest BCUT2D eigenvalue weighted by molar-refractivity contribution is 6.15. The van der Waals surface area contributed by atoms with E-state index in [1.165, 1.54) is 89.3 Å². The molecule has 5 aliphatic rings. The fraction of sp³-hybridized carbons (Fsp3) is 0.171. The Kier molecular flexibility index (Phi) is 3.46. The normalized spacial score (nSPS) is 20.4. The number of rotatable bonds is 0. The molecule has 1 spiro atoms. The van der Waals surface area contributed by atoms with Gasteiger partial charge in [0.05, 0.1) is 34.0 Å². The van der Waals surface area contributed by atoms with Crippen LogP contribution >= 0.6 is 0 Å². The number of nitrogens with zero attached hydrogens (tertiary/aromatic N) is 4. The van der Waals surface area contributed by atoms with Crippen molar-refractivity contribution >= 4 is 39.0 Å². The van der Waals surface area contributed by atoms with Crippen LogP contribution in [0.1, 0.15) is 61.1 Å². The van der Waals surface area contributed by atoms with Crippen LogP contribution in [0, 0.1) is 0 Å². The van der Waals surface area contributed by atoms with Crippen molar-refractivity contribution in [1.82, 2.24) is 4.57 Å². The molecule has 0 N–H and O–H groups in total. The number of fused-ring (bicyclic) bond motifs is 6. The molecule has 0 fully saturated rings. The molecule has 5 aliphatic heterocycles. The first-order valence-corrected chi connectivity index (χ1v) is 16.1. The lowest BCUT2D eigenvalue weighted by Gasteiger charge is -2.49. The minimum atomic E-state index is -0.575. The molecular formula is C41H30N4+2. The van der Waals surface area contributed by atoms with Gasteiger partial charge in [0, 0.05) is 50.4 Å². The van der Waals surface area contributed by atoms with Crippen molar-refractivity contribution in [3.63, 3.8) is 0 Å². The highest BCUT2D eigenvalue weighted by Crippen LogP contribution is 2.66. The molecule has 212 valence electrons. The maximum absolute atomic E-state index is 2.67. The Balaban J connectivity index is 1.45. The summed E-state index contributed by atoms with van der Waals surface area (Å²) in [5.41, 5.74) is 16.6. The summed E-state index contributed by atoms with van der Waals surface area (Å²) in [4.78, 5) is 2.67. The van der Waals surface area contributed by atoms with Gasteiger partial charge in [-0.1, -0.05) is 70.2 Å². The molecule has 4 heteroatoms. The predicted octanol–water partition coefficient (Wildman–Crippen LogP) is 8.01. The van der Waals surface area contributed by atoms with Crippen molar-refractivity contribution in [1.29, 1.82) is 0 Å². The molecule has 1 unspecified atom stereocenters. The zero-order valence-corrected chi connectivity index (χ0v) is 25.7. The van der Waals surface area contributed by atoms with Crippen molar-refractivity contribution in [2.75, 3.05) is 4.90 Å². The number of anilines is 3. The summed E-state index contributed by atoms with van der Waals surface area (Å²) >= 11 is 0. The Bertz CT molecular complexity index is 2620. The van der Waals surface area contributed by atoms with Crippen molar-refractivity contribution in [3.05, 3.63) is 143 Å². The van der Waals surface area contributed by atoms with E-state index in [2.05, 4.69) is 156 Å². The van der Waals surface area contributed by atoms with Gasteiger partial charge < -0.3 is 4.57 Å². The van der Waals surface area contributed by atoms with Crippen LogP contribution in [0.3, 0.4) is 0 Å². The Morgan fingerprint density at radius 1 is 0.578 bits per heavy atom. The summed E-state index contributed by atoms with van der Waals surface area (Å²) in [6, 6.07) is 36.9. The monoisotopic (exact) mass is 578 g/mol. The number of hydrogen-bond donors (Lipinski definition) is 0. The molecule has 1 atom stereocenters. The van der Waals surface area contributed by atoms with Gasteiger partial charge in [-0.05, 0) is 42.5 Å². The minimum Gasteiger partial charge on any atom is -0.308 e. The summed E-state index contributed by atoms with van der Waals surface area (Å²) in [5, 5.41) is 2.65. The largest absolute Gasteiger partial charge is 0.371 e. The number of para-hydroxylation sites is 2. The summed E-state index contributed by atoms with van der Waals surface area (Å²) in [6.07, 6.45) is 4.68. The van der Waals surface area contributed by atoms with Gasteiger partial charge in [0.2, 0.25) is 5.69 Å². The SMILES string of the molecule is CC1(C)c2cccc3c2N2c4c1cc1c5ccccc5n5c1c4C1(c4c(cccc4-5)-c4cccc[n+]41)[n+]1cccc(c12)C3(C)C. The average molecular weight is 579 g/mol. The van der Waals surface area contributed by atoms with E-state index in [1.807, 2.05) is 0 Å². The summed E-state index contributed by atoms with van der Waals surface area (Å²) in [7, 11) is 0. The second kappa shape index (κ2) is 6.72. The maximum atomic E-state index is 2.67. The third-order valence-electron chi connectivity index (χ3n) is 12.1. The molecular weight excluding hydrogens is 548 g/mol. The van der Waals surface area contributed by atoms with Gasteiger partial charge >= 0.3 is 5.66 Å². The Labute approximate surface area is 261 Å². The van der Waals surface area contributed by atoms with Gasteiger partial charge in [0.1, 0.15) is 16.8 Å². The summed E-state index contributed by atoms with van der Waals surface area (Å²) in [5.74, 6) is 1.29. The number of benzene rings is 4. The zero-order valence-electron chi connectivity index (χ0n) is 25.7. The maximum Gasteiger partial charge on any atom is 0.371 e. The highest BCUT2D eigenvalue weighted by atomic mass is 15.4. The lowest BCUT2D eigenvalue weighted by atomic mass is 9.64. The minimum absolute atomic E-state index is 0.166. The molecule has 8 heterocycles. The van der Waals surface area contributed by atoms with Crippen LogP contribution in [0.5, 0.6) is 0 Å². The Hall–Kier alpha value is -5.22. The highest BCUT2D eigenvalue weighted by Gasteiger charge is 2.70. The van der Waals surface area contributed by atoms with Crippen LogP contribution in [0.2, 0.25) is 0 Å². The van der Waals surface area contributed by atoms with Crippen LogP contribution in [-0.4, -0.2) is 4.57 Å². The molecule has 0 saturated carbocycles. The number of pyridine rings is 2. The van der Waals surface area contributed by atoms with E-state index in [0.717, 1.165) is 0 Å². The molecule has 0 bridgehead atoms. The van der Waals surface area contributed by atoms with E-state index in [4.69, 9.17) is 0 Å². The van der Waals surface area contributed by atoms with E-state index in [-0.39, 0.29) is 10.8 Å². The fourth-order valence-corrected chi connectivity index (χ4v) is 10.3. The van der Waals surface area contributed by atoms with Crippen molar-refractivity contribution in [2.45, 2.75) is 44.2 Å². The van der Waals surface area contributed by atoms with E-state index in [0.29, 0.717) is 0 Å². The van der Waals surface area contributed by atoms with Crippen molar-refractivity contribution in [2.24, 2.45) is 0 Å². The van der Waals surface area contributed by atoms with Gasteiger partial charge in [-0.2, -0.15) is 9.47 Å².